The molecule has 1 aromatic carbocycles. The normalized spacial score (nSPS) is 19.0. The van der Waals surface area contributed by atoms with Crippen LogP contribution in [0.5, 0.6) is 0 Å². The van der Waals surface area contributed by atoms with Gasteiger partial charge < -0.3 is 14.6 Å². The summed E-state index contributed by atoms with van der Waals surface area (Å²) in [6, 6.07) is 7.68. The first-order valence-electron chi connectivity index (χ1n) is 9.45. The maximum Gasteiger partial charge on any atom is 0.255 e. The van der Waals surface area contributed by atoms with Crippen LogP contribution in [0.4, 0.5) is 5.13 Å². The van der Waals surface area contributed by atoms with E-state index in [1.807, 2.05) is 35.4 Å². The summed E-state index contributed by atoms with van der Waals surface area (Å²) < 4.78 is 5.42. The molecule has 144 valence electrons. The molecule has 0 aliphatic carbocycles. The average molecular weight is 396 g/mol. The van der Waals surface area contributed by atoms with Gasteiger partial charge in [0.1, 0.15) is 6.10 Å². The number of aromatic nitrogens is 2. The Morgan fingerprint density at radius 3 is 3.11 bits per heavy atom. The molecular formula is C20H20N4O3S. The Morgan fingerprint density at radius 1 is 1.32 bits per heavy atom. The van der Waals surface area contributed by atoms with Crippen LogP contribution in [0.25, 0.3) is 10.9 Å². The van der Waals surface area contributed by atoms with Crippen molar-refractivity contribution in [1.29, 1.82) is 0 Å². The molecule has 2 amide bonds. The Bertz CT molecular complexity index is 1050. The van der Waals surface area contributed by atoms with E-state index in [-0.39, 0.29) is 17.9 Å². The molecule has 2 aliphatic heterocycles. The number of nitrogens with one attached hydrogen (secondary N) is 2. The molecule has 2 N–H and O–H groups in total. The highest BCUT2D eigenvalue weighted by Gasteiger charge is 2.28. The lowest BCUT2D eigenvalue weighted by molar-refractivity contribution is -0.124. The summed E-state index contributed by atoms with van der Waals surface area (Å²) in [5.41, 5.74) is 2.68. The minimum absolute atomic E-state index is 0.0205. The van der Waals surface area contributed by atoms with Gasteiger partial charge >= 0.3 is 0 Å². The molecular weight excluding hydrogens is 376 g/mol. The van der Waals surface area contributed by atoms with Gasteiger partial charge in [0.2, 0.25) is 0 Å². The van der Waals surface area contributed by atoms with Crippen LogP contribution in [0.15, 0.2) is 30.5 Å². The van der Waals surface area contributed by atoms with Crippen molar-refractivity contribution in [3.8, 4) is 0 Å². The molecule has 1 fully saturated rings. The van der Waals surface area contributed by atoms with Gasteiger partial charge in [-0.15, -0.1) is 0 Å². The van der Waals surface area contributed by atoms with Crippen molar-refractivity contribution >= 4 is 39.2 Å². The fourth-order valence-electron chi connectivity index (χ4n) is 3.76. The van der Waals surface area contributed by atoms with E-state index in [4.69, 9.17) is 4.74 Å². The molecule has 2 aromatic heterocycles. The number of hydrogen-bond acceptors (Lipinski definition) is 5. The number of benzene rings is 1. The van der Waals surface area contributed by atoms with Crippen molar-refractivity contribution < 1.29 is 14.3 Å². The van der Waals surface area contributed by atoms with Crippen molar-refractivity contribution in [2.45, 2.75) is 31.9 Å². The minimum Gasteiger partial charge on any atom is -0.368 e. The lowest BCUT2D eigenvalue weighted by Crippen LogP contribution is -2.35. The van der Waals surface area contributed by atoms with Gasteiger partial charge in [0.15, 0.2) is 5.13 Å². The van der Waals surface area contributed by atoms with Gasteiger partial charge in [0, 0.05) is 47.1 Å². The molecule has 1 unspecified atom stereocenters. The second kappa shape index (κ2) is 7.03. The lowest BCUT2D eigenvalue weighted by Gasteiger charge is -2.26. The van der Waals surface area contributed by atoms with Crippen LogP contribution in [-0.4, -0.2) is 45.9 Å². The Balaban J connectivity index is 1.30. The number of fused-ring (bicyclic) bond motifs is 2. The van der Waals surface area contributed by atoms with Crippen molar-refractivity contribution in [2.75, 3.05) is 18.5 Å². The first-order valence-corrected chi connectivity index (χ1v) is 10.3. The first kappa shape index (κ1) is 17.4. The molecule has 0 saturated carbocycles. The van der Waals surface area contributed by atoms with Crippen LogP contribution in [0, 0.1) is 0 Å². The second-order valence-corrected chi connectivity index (χ2v) is 8.22. The summed E-state index contributed by atoms with van der Waals surface area (Å²) in [6.45, 7) is 1.78. The lowest BCUT2D eigenvalue weighted by atomic mass is 10.1. The standard InChI is InChI=1S/C20H20N4O3S/c25-18(16-2-1-9-27-16)23-20-22-15-6-8-24(11-17(15)28-20)19(26)13-3-4-14-12(10-13)5-7-21-14/h3-5,7,10,16,21H,1-2,6,8-9,11H2,(H,22,23,25). The third kappa shape index (κ3) is 3.18. The number of nitrogens with zero attached hydrogens (tertiary/aromatic N) is 2. The monoisotopic (exact) mass is 396 g/mol. The van der Waals surface area contributed by atoms with Crippen molar-refractivity contribution in [3.05, 3.63) is 46.6 Å². The highest BCUT2D eigenvalue weighted by molar-refractivity contribution is 7.15. The van der Waals surface area contributed by atoms with Gasteiger partial charge in [0.05, 0.1) is 12.2 Å². The van der Waals surface area contributed by atoms with Crippen molar-refractivity contribution in [3.63, 3.8) is 0 Å². The van der Waals surface area contributed by atoms with E-state index in [9.17, 15) is 9.59 Å². The molecule has 0 radical (unpaired) electrons. The van der Waals surface area contributed by atoms with Crippen LogP contribution in [0.1, 0.15) is 33.8 Å². The van der Waals surface area contributed by atoms with E-state index in [1.165, 1.54) is 11.3 Å². The fraction of sp³-hybridized carbons (Fsp3) is 0.350. The summed E-state index contributed by atoms with van der Waals surface area (Å²) in [4.78, 5) is 35.8. The quantitative estimate of drug-likeness (QED) is 0.713. The van der Waals surface area contributed by atoms with E-state index < -0.39 is 0 Å². The molecule has 0 bridgehead atoms. The van der Waals surface area contributed by atoms with Crippen LogP contribution < -0.4 is 5.32 Å². The molecule has 28 heavy (non-hydrogen) atoms. The zero-order chi connectivity index (χ0) is 19.1. The Hall–Kier alpha value is -2.71. The number of amides is 2. The van der Waals surface area contributed by atoms with Crippen LogP contribution in [-0.2, 0) is 22.5 Å². The third-order valence-electron chi connectivity index (χ3n) is 5.27. The number of thiazole rings is 1. The Labute approximate surface area is 165 Å². The summed E-state index contributed by atoms with van der Waals surface area (Å²) in [5, 5.41) is 4.49. The second-order valence-electron chi connectivity index (χ2n) is 7.14. The van der Waals surface area contributed by atoms with Gasteiger partial charge in [-0.1, -0.05) is 11.3 Å². The maximum atomic E-state index is 12.9. The average Bonchev–Trinajstić information content (AvgIpc) is 3.45. The zero-order valence-corrected chi connectivity index (χ0v) is 16.1. The number of carbonyl (C=O) groups excluding carboxylic acids is 2. The molecule has 7 nitrogen and oxygen atoms in total. The van der Waals surface area contributed by atoms with Crippen LogP contribution in [0.3, 0.4) is 0 Å². The third-order valence-corrected chi connectivity index (χ3v) is 6.27. The Kier molecular flexibility index (Phi) is 4.37. The molecule has 2 aliphatic rings. The topological polar surface area (TPSA) is 87.3 Å². The molecule has 1 saturated heterocycles. The van der Waals surface area contributed by atoms with Crippen LogP contribution >= 0.6 is 11.3 Å². The first-order chi connectivity index (χ1) is 13.7. The van der Waals surface area contributed by atoms with Gasteiger partial charge in [-0.05, 0) is 37.1 Å². The number of ether oxygens (including phenoxy) is 1. The summed E-state index contributed by atoms with van der Waals surface area (Å²) in [6.07, 6.45) is 3.86. The number of hydrogen-bond donors (Lipinski definition) is 2. The van der Waals surface area contributed by atoms with Crippen LogP contribution in [0.2, 0.25) is 0 Å². The highest BCUT2D eigenvalue weighted by Crippen LogP contribution is 2.30. The van der Waals surface area contributed by atoms with E-state index in [0.717, 1.165) is 34.3 Å². The minimum atomic E-state index is -0.373. The molecule has 3 aromatic rings. The summed E-state index contributed by atoms with van der Waals surface area (Å²) >= 11 is 1.45. The molecule has 1 atom stereocenters. The van der Waals surface area contributed by atoms with Gasteiger partial charge in [-0.25, -0.2) is 4.98 Å². The summed E-state index contributed by atoms with van der Waals surface area (Å²) in [5.74, 6) is -0.108. The number of aromatic amines is 1. The van der Waals surface area contributed by atoms with E-state index in [1.54, 1.807) is 0 Å². The van der Waals surface area contributed by atoms with E-state index in [0.29, 0.717) is 36.8 Å². The number of rotatable bonds is 3. The SMILES string of the molecule is O=C(Nc1nc2c(s1)CN(C(=O)c1ccc3[nH]ccc3c1)CC2)C1CCCO1. The van der Waals surface area contributed by atoms with Gasteiger partial charge in [-0.3, -0.25) is 14.9 Å². The zero-order valence-electron chi connectivity index (χ0n) is 15.2. The van der Waals surface area contributed by atoms with Gasteiger partial charge in [-0.2, -0.15) is 0 Å². The van der Waals surface area contributed by atoms with Crippen molar-refractivity contribution in [1.82, 2.24) is 14.9 Å². The fourth-order valence-corrected chi connectivity index (χ4v) is 4.79. The number of H-pyrrole nitrogens is 1. The molecule has 0 spiro atoms. The predicted octanol–water partition coefficient (Wildman–Crippen LogP) is 2.94. The van der Waals surface area contributed by atoms with Gasteiger partial charge in [0.25, 0.3) is 11.8 Å². The summed E-state index contributed by atoms with van der Waals surface area (Å²) in [7, 11) is 0. The van der Waals surface area contributed by atoms with Crippen molar-refractivity contribution in [2.24, 2.45) is 0 Å². The Morgan fingerprint density at radius 2 is 2.25 bits per heavy atom. The molecule has 5 rings (SSSR count). The highest BCUT2D eigenvalue weighted by atomic mass is 32.1. The number of anilines is 1. The largest absolute Gasteiger partial charge is 0.368 e. The van der Waals surface area contributed by atoms with E-state index >= 15 is 0 Å². The number of carbonyl (C=O) groups is 2. The maximum absolute atomic E-state index is 12.9. The predicted molar refractivity (Wildman–Crippen MR) is 106 cm³/mol. The molecule has 4 heterocycles. The smallest absolute Gasteiger partial charge is 0.255 e. The molecule has 8 heteroatoms. The van der Waals surface area contributed by atoms with E-state index in [2.05, 4.69) is 15.3 Å².